The summed E-state index contributed by atoms with van der Waals surface area (Å²) < 4.78 is 13.1. The number of nitrogens with one attached hydrogen (secondary N) is 1. The van der Waals surface area contributed by atoms with E-state index in [2.05, 4.69) is 68.9 Å². The third-order valence-electron chi connectivity index (χ3n) is 6.17. The van der Waals surface area contributed by atoms with Gasteiger partial charge in [-0.25, -0.2) is 9.38 Å². The van der Waals surface area contributed by atoms with Crippen molar-refractivity contribution in [1.29, 1.82) is 0 Å². The second-order valence-corrected chi connectivity index (χ2v) is 10.6. The second-order valence-electron chi connectivity index (χ2n) is 9.61. The Morgan fingerprint density at radius 1 is 1.25 bits per heavy atom. The summed E-state index contributed by atoms with van der Waals surface area (Å²) in [6, 6.07) is 10.8. The molecule has 0 radical (unpaired) electrons. The molecular weight excluding hydrogens is 421 g/mol. The lowest BCUT2D eigenvalue weighted by Gasteiger charge is -2.50. The highest BCUT2D eigenvalue weighted by atomic mass is 32.2. The van der Waals surface area contributed by atoms with Gasteiger partial charge in [-0.05, 0) is 118 Å². The van der Waals surface area contributed by atoms with Crippen LogP contribution in [0.3, 0.4) is 0 Å². The average molecular weight is 452 g/mol. The van der Waals surface area contributed by atoms with Crippen molar-refractivity contribution in [3.63, 3.8) is 0 Å². The Bertz CT molecular complexity index is 1120. The first kappa shape index (κ1) is 22.6. The fourth-order valence-electron chi connectivity index (χ4n) is 5.00. The summed E-state index contributed by atoms with van der Waals surface area (Å²) in [4.78, 5) is 20.1. The number of benzene rings is 2. The van der Waals surface area contributed by atoms with Crippen LogP contribution in [0, 0.1) is 12.7 Å². The number of amidine groups is 1. The molecule has 1 saturated heterocycles. The molecule has 1 atom stereocenters. The van der Waals surface area contributed by atoms with E-state index in [1.54, 1.807) is 12.1 Å². The minimum atomic E-state index is -0.311. The van der Waals surface area contributed by atoms with Crippen LogP contribution >= 0.6 is 11.8 Å². The number of hydrogen-bond donors (Lipinski definition) is 1. The minimum absolute atomic E-state index is 0.0971. The first-order valence-electron chi connectivity index (χ1n) is 11.0. The zero-order valence-electron chi connectivity index (χ0n) is 19.5. The Morgan fingerprint density at radius 3 is 2.59 bits per heavy atom. The quantitative estimate of drug-likeness (QED) is 0.540. The number of carbonyl (C=O) groups is 1. The predicted octanol–water partition coefficient (Wildman–Crippen LogP) is 6.53. The largest absolute Gasteiger partial charge is 0.364 e. The Morgan fingerprint density at radius 2 is 1.94 bits per heavy atom. The van der Waals surface area contributed by atoms with Gasteiger partial charge in [-0.2, -0.15) is 0 Å². The Labute approximate surface area is 194 Å². The van der Waals surface area contributed by atoms with E-state index >= 15 is 0 Å². The van der Waals surface area contributed by atoms with E-state index in [1.807, 2.05) is 6.08 Å². The fourth-order valence-corrected chi connectivity index (χ4v) is 5.83. The van der Waals surface area contributed by atoms with E-state index < -0.39 is 0 Å². The van der Waals surface area contributed by atoms with Gasteiger partial charge in [0.1, 0.15) is 5.82 Å². The lowest BCUT2D eigenvalue weighted by atomic mass is 9.78. The van der Waals surface area contributed by atoms with Gasteiger partial charge in [-0.15, -0.1) is 0 Å². The van der Waals surface area contributed by atoms with Gasteiger partial charge >= 0.3 is 0 Å². The van der Waals surface area contributed by atoms with Gasteiger partial charge in [0, 0.05) is 17.3 Å². The number of nitrogens with zero attached hydrogens (tertiary/aromatic N) is 2. The fraction of sp³-hybridized carbons (Fsp3) is 0.385. The van der Waals surface area contributed by atoms with Gasteiger partial charge in [0.25, 0.3) is 5.91 Å². The topological polar surface area (TPSA) is 44.7 Å². The van der Waals surface area contributed by atoms with Crippen molar-refractivity contribution in [3.05, 3.63) is 63.8 Å². The van der Waals surface area contributed by atoms with E-state index in [1.165, 1.54) is 35.1 Å². The number of halogens is 1. The molecule has 2 heterocycles. The number of fused-ring (bicyclic) bond motifs is 1. The molecule has 1 fully saturated rings. The van der Waals surface area contributed by atoms with Crippen molar-refractivity contribution < 1.29 is 9.18 Å². The summed E-state index contributed by atoms with van der Waals surface area (Å²) >= 11 is 1.31. The van der Waals surface area contributed by atoms with Gasteiger partial charge < -0.3 is 10.2 Å². The maximum absolute atomic E-state index is 13.1. The van der Waals surface area contributed by atoms with Crippen LogP contribution in [0.25, 0.3) is 6.08 Å². The lowest BCUT2D eigenvalue weighted by Crippen LogP contribution is -2.51. The molecular formula is C26H30FN3OS. The highest BCUT2D eigenvalue weighted by Crippen LogP contribution is 2.45. The van der Waals surface area contributed by atoms with Crippen LogP contribution in [0.5, 0.6) is 0 Å². The van der Waals surface area contributed by atoms with Crippen LogP contribution in [0.4, 0.5) is 15.8 Å². The number of thioether (sulfide) groups is 1. The molecule has 32 heavy (non-hydrogen) atoms. The number of aliphatic imine (C=N–C) groups is 1. The summed E-state index contributed by atoms with van der Waals surface area (Å²) in [5, 5.41) is 3.32. The number of hydrogen-bond acceptors (Lipinski definition) is 4. The molecule has 168 valence electrons. The van der Waals surface area contributed by atoms with Crippen LogP contribution in [0.2, 0.25) is 0 Å². The first-order valence-corrected chi connectivity index (χ1v) is 11.9. The molecule has 0 aromatic heterocycles. The number of amides is 1. The molecule has 4 nitrogen and oxygen atoms in total. The number of aryl methyl sites for hydroxylation is 1. The average Bonchev–Trinajstić information content (AvgIpc) is 3.02. The van der Waals surface area contributed by atoms with Crippen LogP contribution in [0.1, 0.15) is 63.6 Å². The lowest BCUT2D eigenvalue weighted by molar-refractivity contribution is -0.115. The maximum atomic E-state index is 13.1. The molecule has 0 spiro atoms. The van der Waals surface area contributed by atoms with E-state index in [0.717, 1.165) is 17.5 Å². The molecule has 2 aromatic rings. The predicted molar refractivity (Wildman–Crippen MR) is 133 cm³/mol. The molecule has 1 amide bonds. The van der Waals surface area contributed by atoms with E-state index in [-0.39, 0.29) is 17.3 Å². The van der Waals surface area contributed by atoms with Crippen LogP contribution in [-0.2, 0) is 4.79 Å². The van der Waals surface area contributed by atoms with E-state index in [9.17, 15) is 9.18 Å². The van der Waals surface area contributed by atoms with Crippen LogP contribution in [0.15, 0.2) is 46.3 Å². The zero-order chi connectivity index (χ0) is 23.2. The molecule has 0 unspecified atom stereocenters. The maximum Gasteiger partial charge on any atom is 0.264 e. The van der Waals surface area contributed by atoms with Gasteiger partial charge in [0.2, 0.25) is 0 Å². The van der Waals surface area contributed by atoms with E-state index in [4.69, 9.17) is 0 Å². The third-order valence-corrected chi connectivity index (χ3v) is 7.08. The van der Waals surface area contributed by atoms with Crippen molar-refractivity contribution in [2.45, 2.75) is 65.5 Å². The van der Waals surface area contributed by atoms with E-state index in [0.29, 0.717) is 27.7 Å². The molecule has 2 aromatic carbocycles. The normalized spacial score (nSPS) is 22.6. The van der Waals surface area contributed by atoms with Crippen molar-refractivity contribution >= 4 is 40.3 Å². The summed E-state index contributed by atoms with van der Waals surface area (Å²) in [6.45, 7) is 13.5. The number of anilines is 1. The van der Waals surface area contributed by atoms with Crippen molar-refractivity contribution in [2.24, 2.45) is 4.99 Å². The second kappa shape index (κ2) is 8.39. The first-order chi connectivity index (χ1) is 15.0. The molecule has 2 aliphatic heterocycles. The van der Waals surface area contributed by atoms with Crippen LogP contribution < -0.4 is 10.2 Å². The molecule has 2 aliphatic rings. The number of carbonyl (C=O) groups excluding carboxylic acids is 1. The summed E-state index contributed by atoms with van der Waals surface area (Å²) in [6.07, 6.45) is 3.04. The number of rotatable bonds is 3. The highest BCUT2D eigenvalue weighted by Gasteiger charge is 2.38. The SMILES string of the molecule is Cc1cc2c(cc1/C=C1\SC(=Nc3ccc(F)cc3)NC1=O)[C@@H](C)CC(C)(C)N2C(C)C. The molecule has 0 aliphatic carbocycles. The van der Waals surface area contributed by atoms with Crippen LogP contribution in [-0.4, -0.2) is 22.7 Å². The third kappa shape index (κ3) is 4.33. The van der Waals surface area contributed by atoms with Gasteiger partial charge in [-0.1, -0.05) is 6.92 Å². The standard InChI is InChI=1S/C26H30FN3OS/c1-15(2)30-22-11-16(3)18(12-21(22)17(4)14-26(30,5)6)13-23-24(31)29-25(32-23)28-20-9-7-19(27)8-10-20/h7-13,15,17H,14H2,1-6H3,(H,28,29,31)/b23-13-/t17-/m0/s1. The van der Waals surface area contributed by atoms with Gasteiger partial charge in [0.05, 0.1) is 10.6 Å². The molecule has 1 N–H and O–H groups in total. The molecule has 6 heteroatoms. The van der Waals surface area contributed by atoms with Gasteiger partial charge in [-0.3, -0.25) is 4.79 Å². The summed E-state index contributed by atoms with van der Waals surface area (Å²) in [5.74, 6) is -0.0337. The zero-order valence-corrected chi connectivity index (χ0v) is 20.3. The Balaban J connectivity index is 1.67. The monoisotopic (exact) mass is 451 g/mol. The summed E-state index contributed by atoms with van der Waals surface area (Å²) in [5.41, 5.74) is 5.53. The Kier molecular flexibility index (Phi) is 5.93. The molecule has 0 saturated carbocycles. The highest BCUT2D eigenvalue weighted by molar-refractivity contribution is 8.18. The van der Waals surface area contributed by atoms with Crippen molar-refractivity contribution in [1.82, 2.24) is 5.32 Å². The van der Waals surface area contributed by atoms with Crippen molar-refractivity contribution in [2.75, 3.05) is 4.90 Å². The Hall–Kier alpha value is -2.60. The molecule has 0 bridgehead atoms. The molecule has 4 rings (SSSR count). The summed E-state index contributed by atoms with van der Waals surface area (Å²) in [7, 11) is 0. The van der Waals surface area contributed by atoms with Crippen molar-refractivity contribution in [3.8, 4) is 0 Å². The van der Waals surface area contributed by atoms with Gasteiger partial charge in [0.15, 0.2) is 5.17 Å². The smallest absolute Gasteiger partial charge is 0.264 e. The minimum Gasteiger partial charge on any atom is -0.364 e.